The molecule has 2 saturated heterocycles. The molecule has 0 bridgehead atoms. The fourth-order valence-corrected chi connectivity index (χ4v) is 5.41. The predicted octanol–water partition coefficient (Wildman–Crippen LogP) is 3.86. The quantitative estimate of drug-likeness (QED) is 0.451. The first kappa shape index (κ1) is 25.1. The van der Waals surface area contributed by atoms with Crippen LogP contribution >= 0.6 is 12.4 Å². The fraction of sp³-hybridized carbons (Fsp3) is 0.333. The molecule has 0 aliphatic carbocycles. The maximum Gasteiger partial charge on any atom is 0.109 e. The molecule has 4 heterocycles. The summed E-state index contributed by atoms with van der Waals surface area (Å²) in [5.74, 6) is 1.44. The van der Waals surface area contributed by atoms with Crippen molar-refractivity contribution in [1.29, 1.82) is 0 Å². The Hall–Kier alpha value is -2.97. The van der Waals surface area contributed by atoms with Gasteiger partial charge in [0, 0.05) is 50.0 Å². The molecule has 2 aromatic rings. The number of halogens is 1. The van der Waals surface area contributed by atoms with E-state index >= 15 is 0 Å². The van der Waals surface area contributed by atoms with Gasteiger partial charge >= 0.3 is 0 Å². The van der Waals surface area contributed by atoms with Gasteiger partial charge in [0.15, 0.2) is 0 Å². The lowest BCUT2D eigenvalue weighted by Gasteiger charge is -2.45. The van der Waals surface area contributed by atoms with E-state index in [0.29, 0.717) is 18.1 Å². The number of piperidine rings is 1. The van der Waals surface area contributed by atoms with E-state index in [4.69, 9.17) is 4.98 Å². The second-order valence-corrected chi connectivity index (χ2v) is 9.18. The van der Waals surface area contributed by atoms with Gasteiger partial charge in [-0.15, -0.1) is 12.4 Å². The molecule has 2 aromatic carbocycles. The van der Waals surface area contributed by atoms with E-state index in [1.54, 1.807) is 0 Å². The lowest BCUT2D eigenvalue weighted by Crippen LogP contribution is -2.57. The molecule has 8 heteroatoms. The summed E-state index contributed by atoms with van der Waals surface area (Å²) in [6.45, 7) is 4.23. The lowest BCUT2D eigenvalue weighted by atomic mass is 9.86. The maximum absolute atomic E-state index is 4.79. The molecular weight excluding hydrogens is 460 g/mol. The summed E-state index contributed by atoms with van der Waals surface area (Å²) in [6, 6.07) is 24.0. The maximum atomic E-state index is 4.79. The summed E-state index contributed by atoms with van der Waals surface area (Å²) in [7, 11) is 0. The standard InChI is InChI=1S/C27H30N6.ClH.H2O/c1-3-7-20(8-4-1)24-17-21(27-29-19-25-23(31-27)11-12-28-25)18-26(30-24)33-15-13-32(14-16-33)22-9-5-2-6-10-22;;/h1-12,19,21,24,26,30H,13-18H2,(H,29,31);1H;1H2. The van der Waals surface area contributed by atoms with Crippen LogP contribution < -0.4 is 10.2 Å². The Morgan fingerprint density at radius 3 is 2.26 bits per heavy atom. The first-order valence-electron chi connectivity index (χ1n) is 12.0. The van der Waals surface area contributed by atoms with Crippen LogP contribution in [0.2, 0.25) is 0 Å². The number of benzene rings is 2. The monoisotopic (exact) mass is 492 g/mol. The topological polar surface area (TPSA) is 91.6 Å². The number of para-hydroxylation sites is 1. The third-order valence-electron chi connectivity index (χ3n) is 7.21. The molecule has 0 radical (unpaired) electrons. The lowest BCUT2D eigenvalue weighted by molar-refractivity contribution is 0.0990. The fourth-order valence-electron chi connectivity index (χ4n) is 5.41. The van der Waals surface area contributed by atoms with E-state index < -0.39 is 0 Å². The number of H-pyrrole nitrogens is 1. The van der Waals surface area contributed by atoms with Crippen molar-refractivity contribution in [3.8, 4) is 11.4 Å². The van der Waals surface area contributed by atoms with Crippen molar-refractivity contribution in [2.75, 3.05) is 31.1 Å². The van der Waals surface area contributed by atoms with Crippen molar-refractivity contribution in [2.24, 2.45) is 0 Å². The highest BCUT2D eigenvalue weighted by atomic mass is 35.5. The Morgan fingerprint density at radius 1 is 0.800 bits per heavy atom. The smallest absolute Gasteiger partial charge is 0.109 e. The van der Waals surface area contributed by atoms with Gasteiger partial charge < -0.3 is 15.4 Å². The number of fused-ring (bicyclic) bond motifs is 1. The SMILES string of the molecule is Cl.O.c1ccc(C2CC(c3ncc4nccc-4[nH]3)CC(N3CCN(c4ccccc4)CC3)N2)cc1. The second kappa shape index (κ2) is 11.2. The number of nitrogens with zero attached hydrogens (tertiary/aromatic N) is 4. The van der Waals surface area contributed by atoms with E-state index in [2.05, 4.69) is 85.7 Å². The van der Waals surface area contributed by atoms with E-state index in [-0.39, 0.29) is 17.9 Å². The van der Waals surface area contributed by atoms with Crippen LogP contribution in [-0.2, 0) is 0 Å². The Balaban J connectivity index is 0.00000144. The summed E-state index contributed by atoms with van der Waals surface area (Å²) in [5, 5.41) is 3.98. The number of nitrogens with one attached hydrogen (secondary N) is 2. The molecular formula is C27H33ClN6O. The summed E-state index contributed by atoms with van der Waals surface area (Å²) in [4.78, 5) is 17.9. The van der Waals surface area contributed by atoms with Crippen LogP contribution in [0.4, 0.5) is 5.69 Å². The van der Waals surface area contributed by atoms with Gasteiger partial charge in [0.25, 0.3) is 0 Å². The van der Waals surface area contributed by atoms with Crippen molar-refractivity contribution >= 4 is 18.1 Å². The molecule has 2 fully saturated rings. The van der Waals surface area contributed by atoms with Gasteiger partial charge in [-0.25, -0.2) is 4.98 Å². The number of aromatic amines is 1. The Labute approximate surface area is 212 Å². The number of rotatable bonds is 4. The highest BCUT2D eigenvalue weighted by Gasteiger charge is 2.35. The third-order valence-corrected chi connectivity index (χ3v) is 7.21. The number of piperazine rings is 1. The molecule has 184 valence electrons. The molecule has 0 spiro atoms. The van der Waals surface area contributed by atoms with Crippen molar-refractivity contribution in [3.63, 3.8) is 0 Å². The molecule has 0 saturated carbocycles. The van der Waals surface area contributed by atoms with E-state index in [1.807, 2.05) is 18.5 Å². The van der Waals surface area contributed by atoms with Gasteiger partial charge in [0.1, 0.15) is 11.5 Å². The molecule has 7 nitrogen and oxygen atoms in total. The number of anilines is 1. The molecule has 3 unspecified atom stereocenters. The molecule has 4 aliphatic heterocycles. The molecule has 4 aliphatic rings. The highest BCUT2D eigenvalue weighted by Crippen LogP contribution is 2.37. The van der Waals surface area contributed by atoms with E-state index in [1.165, 1.54) is 11.3 Å². The molecule has 4 N–H and O–H groups in total. The summed E-state index contributed by atoms with van der Waals surface area (Å²) in [5.41, 5.74) is 4.68. The minimum atomic E-state index is 0. The molecule has 0 aromatic heterocycles. The van der Waals surface area contributed by atoms with Gasteiger partial charge in [-0.05, 0) is 36.6 Å². The average molecular weight is 493 g/mol. The van der Waals surface area contributed by atoms with Crippen LogP contribution in [0.3, 0.4) is 0 Å². The van der Waals surface area contributed by atoms with Crippen molar-refractivity contribution < 1.29 is 5.48 Å². The Bertz CT molecular complexity index is 1150. The first-order chi connectivity index (χ1) is 16.3. The molecule has 6 rings (SSSR count). The normalized spacial score (nSPS) is 22.9. The summed E-state index contributed by atoms with van der Waals surface area (Å²) in [6.07, 6.45) is 6.17. The van der Waals surface area contributed by atoms with Crippen molar-refractivity contribution in [2.45, 2.75) is 31.0 Å². The van der Waals surface area contributed by atoms with Gasteiger partial charge in [-0.1, -0.05) is 48.5 Å². The average Bonchev–Trinajstić information content (AvgIpc) is 3.38. The largest absolute Gasteiger partial charge is 0.412 e. The van der Waals surface area contributed by atoms with Crippen LogP contribution in [0.15, 0.2) is 79.1 Å². The van der Waals surface area contributed by atoms with Gasteiger partial charge in [0.2, 0.25) is 0 Å². The minimum absolute atomic E-state index is 0. The molecule has 3 atom stereocenters. The zero-order valence-corrected chi connectivity index (χ0v) is 20.5. The van der Waals surface area contributed by atoms with Crippen LogP contribution in [0.25, 0.3) is 11.4 Å². The number of hydrogen-bond donors (Lipinski definition) is 2. The predicted molar refractivity (Wildman–Crippen MR) is 142 cm³/mol. The Kier molecular flexibility index (Phi) is 8.03. The third kappa shape index (κ3) is 5.33. The first-order valence-corrected chi connectivity index (χ1v) is 12.0. The van der Waals surface area contributed by atoms with Gasteiger partial charge in [-0.2, -0.15) is 0 Å². The van der Waals surface area contributed by atoms with Crippen LogP contribution in [-0.4, -0.2) is 57.7 Å². The second-order valence-electron chi connectivity index (χ2n) is 9.18. The van der Waals surface area contributed by atoms with Crippen LogP contribution in [0.1, 0.15) is 36.2 Å². The Morgan fingerprint density at radius 2 is 1.51 bits per heavy atom. The van der Waals surface area contributed by atoms with E-state index in [9.17, 15) is 0 Å². The van der Waals surface area contributed by atoms with E-state index in [0.717, 1.165) is 56.2 Å². The van der Waals surface area contributed by atoms with Crippen LogP contribution in [0.5, 0.6) is 0 Å². The summed E-state index contributed by atoms with van der Waals surface area (Å²) >= 11 is 0. The van der Waals surface area contributed by atoms with Crippen LogP contribution in [0, 0.1) is 0 Å². The summed E-state index contributed by atoms with van der Waals surface area (Å²) < 4.78 is 0. The number of hydrogen-bond acceptors (Lipinski definition) is 5. The minimum Gasteiger partial charge on any atom is -0.412 e. The van der Waals surface area contributed by atoms with Crippen molar-refractivity contribution in [3.05, 3.63) is 90.5 Å². The van der Waals surface area contributed by atoms with Gasteiger partial charge in [0.05, 0.1) is 18.1 Å². The molecule has 35 heavy (non-hydrogen) atoms. The van der Waals surface area contributed by atoms with Gasteiger partial charge in [-0.3, -0.25) is 15.2 Å². The number of aromatic nitrogens is 3. The zero-order chi connectivity index (χ0) is 22.0. The molecule has 0 amide bonds. The van der Waals surface area contributed by atoms with Crippen molar-refractivity contribution in [1.82, 2.24) is 25.2 Å². The highest BCUT2D eigenvalue weighted by molar-refractivity contribution is 5.85. The zero-order valence-electron chi connectivity index (χ0n) is 19.7.